The van der Waals surface area contributed by atoms with Crippen LogP contribution in [0.3, 0.4) is 0 Å². The summed E-state index contributed by atoms with van der Waals surface area (Å²) < 4.78 is 0. The van der Waals surface area contributed by atoms with E-state index in [1.807, 2.05) is 14.0 Å². The molecular weight excluding hydrogens is 370 g/mol. The Morgan fingerprint density at radius 2 is 1.79 bits per heavy atom. The first-order chi connectivity index (χ1) is 13.1. The molecule has 28 heavy (non-hydrogen) atoms. The lowest BCUT2D eigenvalue weighted by atomic mass is 9.92. The Bertz CT molecular complexity index is 753. The van der Waals surface area contributed by atoms with E-state index < -0.39 is 0 Å². The molecule has 2 atom stereocenters. The average Bonchev–Trinajstić information content (AvgIpc) is 2.71. The number of fused-ring (bicyclic) bond motifs is 1. The molecule has 1 amide bonds. The molecular formula is C23H34ClN3O. The summed E-state index contributed by atoms with van der Waals surface area (Å²) in [4.78, 5) is 15.2. The van der Waals surface area contributed by atoms with Crippen molar-refractivity contribution in [3.8, 4) is 0 Å². The van der Waals surface area contributed by atoms with Gasteiger partial charge in [-0.05, 0) is 82.0 Å². The number of piperidine rings is 1. The summed E-state index contributed by atoms with van der Waals surface area (Å²) in [6.45, 7) is 7.25. The minimum Gasteiger partial charge on any atom is -0.348 e. The fraction of sp³-hybridized carbons (Fsp3) is 0.522. The monoisotopic (exact) mass is 403 g/mol. The molecule has 0 spiro atoms. The topological polar surface area (TPSA) is 44.4 Å². The van der Waals surface area contributed by atoms with Crippen molar-refractivity contribution in [2.45, 2.75) is 45.2 Å². The molecule has 3 rings (SSSR count). The van der Waals surface area contributed by atoms with Gasteiger partial charge >= 0.3 is 0 Å². The second-order valence-corrected chi connectivity index (χ2v) is 7.85. The van der Waals surface area contributed by atoms with Gasteiger partial charge in [-0.2, -0.15) is 0 Å². The number of carbonyl (C=O) groups is 1. The summed E-state index contributed by atoms with van der Waals surface area (Å²) in [5, 5.41) is 8.91. The highest BCUT2D eigenvalue weighted by Crippen LogP contribution is 2.25. The van der Waals surface area contributed by atoms with E-state index in [9.17, 15) is 4.79 Å². The van der Waals surface area contributed by atoms with Crippen LogP contribution in [0, 0.1) is 5.92 Å². The summed E-state index contributed by atoms with van der Waals surface area (Å²) in [7, 11) is 2.01. The van der Waals surface area contributed by atoms with Gasteiger partial charge < -0.3 is 10.6 Å². The van der Waals surface area contributed by atoms with Crippen molar-refractivity contribution >= 4 is 29.1 Å². The van der Waals surface area contributed by atoms with Gasteiger partial charge in [0.1, 0.15) is 0 Å². The van der Waals surface area contributed by atoms with Crippen molar-refractivity contribution in [3.63, 3.8) is 0 Å². The quantitative estimate of drug-likeness (QED) is 0.729. The molecule has 2 N–H and O–H groups in total. The van der Waals surface area contributed by atoms with Crippen molar-refractivity contribution < 1.29 is 4.79 Å². The summed E-state index contributed by atoms with van der Waals surface area (Å²) in [6.07, 6.45) is 3.62. The highest BCUT2D eigenvalue weighted by atomic mass is 35.5. The molecule has 5 heteroatoms. The van der Waals surface area contributed by atoms with Gasteiger partial charge in [0, 0.05) is 0 Å². The minimum atomic E-state index is -0.0762. The fourth-order valence-electron chi connectivity index (χ4n) is 4.18. The van der Waals surface area contributed by atoms with E-state index in [4.69, 9.17) is 0 Å². The molecule has 0 aromatic heterocycles. The highest BCUT2D eigenvalue weighted by Gasteiger charge is 2.27. The number of likely N-dealkylation sites (tertiary alicyclic amines) is 1. The SMILES string of the molecule is CNCCC1CCN(C(C)C(=O)NC(C)c2cccc3ccccc23)CC1.Cl. The standard InChI is InChI=1S/C23H33N3O.ClH/c1-17(21-10-6-8-20-7-4-5-9-22(20)21)25-23(27)18(2)26-15-12-19(13-16-26)11-14-24-3;/h4-10,17-19,24H,11-16H2,1-3H3,(H,25,27);1H. The molecule has 2 aromatic carbocycles. The molecule has 4 nitrogen and oxygen atoms in total. The van der Waals surface area contributed by atoms with E-state index in [-0.39, 0.29) is 30.4 Å². The summed E-state index contributed by atoms with van der Waals surface area (Å²) in [5.74, 6) is 0.919. The molecule has 2 unspecified atom stereocenters. The van der Waals surface area contributed by atoms with E-state index >= 15 is 0 Å². The van der Waals surface area contributed by atoms with Crippen LogP contribution in [0.15, 0.2) is 42.5 Å². The summed E-state index contributed by atoms with van der Waals surface area (Å²) in [5.41, 5.74) is 1.18. The predicted molar refractivity (Wildman–Crippen MR) is 120 cm³/mol. The predicted octanol–water partition coefficient (Wildman–Crippen LogP) is 4.15. The lowest BCUT2D eigenvalue weighted by Gasteiger charge is -2.35. The minimum absolute atomic E-state index is 0. The van der Waals surface area contributed by atoms with Gasteiger partial charge in [0.25, 0.3) is 0 Å². The first kappa shape index (κ1) is 22.7. The number of nitrogens with one attached hydrogen (secondary N) is 2. The zero-order valence-electron chi connectivity index (χ0n) is 17.3. The molecule has 1 aliphatic rings. The molecule has 154 valence electrons. The normalized spacial score (nSPS) is 17.7. The van der Waals surface area contributed by atoms with Crippen LogP contribution in [0.4, 0.5) is 0 Å². The van der Waals surface area contributed by atoms with Gasteiger partial charge in [-0.1, -0.05) is 42.5 Å². The third-order valence-electron chi connectivity index (χ3n) is 6.03. The van der Waals surface area contributed by atoms with Crippen molar-refractivity contribution in [2.75, 3.05) is 26.7 Å². The lowest BCUT2D eigenvalue weighted by Crippen LogP contribution is -2.48. The molecule has 1 heterocycles. The van der Waals surface area contributed by atoms with E-state index in [2.05, 4.69) is 64.9 Å². The Labute approximate surface area is 175 Å². The van der Waals surface area contributed by atoms with Crippen LogP contribution in [-0.2, 0) is 4.79 Å². The maximum atomic E-state index is 12.9. The van der Waals surface area contributed by atoms with Gasteiger partial charge in [0.15, 0.2) is 0 Å². The third kappa shape index (κ3) is 5.47. The fourth-order valence-corrected chi connectivity index (χ4v) is 4.18. The number of amides is 1. The van der Waals surface area contributed by atoms with Crippen LogP contribution in [0.25, 0.3) is 10.8 Å². The Kier molecular flexibility index (Phi) is 8.74. The van der Waals surface area contributed by atoms with E-state index in [0.29, 0.717) is 0 Å². The summed E-state index contributed by atoms with van der Waals surface area (Å²) in [6, 6.07) is 14.6. The molecule has 0 bridgehead atoms. The molecule has 0 radical (unpaired) electrons. The van der Waals surface area contributed by atoms with E-state index in [0.717, 1.165) is 25.6 Å². The van der Waals surface area contributed by atoms with Crippen molar-refractivity contribution in [1.29, 1.82) is 0 Å². The number of rotatable bonds is 7. The number of hydrogen-bond acceptors (Lipinski definition) is 3. The van der Waals surface area contributed by atoms with Crippen molar-refractivity contribution in [1.82, 2.24) is 15.5 Å². The second-order valence-electron chi connectivity index (χ2n) is 7.85. The van der Waals surface area contributed by atoms with Gasteiger partial charge in [-0.3, -0.25) is 9.69 Å². The van der Waals surface area contributed by atoms with Crippen LogP contribution in [-0.4, -0.2) is 43.5 Å². The Morgan fingerprint density at radius 3 is 2.50 bits per heavy atom. The Hall–Kier alpha value is -1.62. The Morgan fingerprint density at radius 1 is 1.11 bits per heavy atom. The first-order valence-electron chi connectivity index (χ1n) is 10.3. The van der Waals surface area contributed by atoms with E-state index in [1.54, 1.807) is 0 Å². The molecule has 1 aliphatic heterocycles. The zero-order valence-corrected chi connectivity index (χ0v) is 18.1. The maximum absolute atomic E-state index is 12.9. The lowest BCUT2D eigenvalue weighted by molar-refractivity contribution is -0.127. The number of nitrogens with zero attached hydrogens (tertiary/aromatic N) is 1. The van der Waals surface area contributed by atoms with Crippen LogP contribution in [0.2, 0.25) is 0 Å². The average molecular weight is 404 g/mol. The van der Waals surface area contributed by atoms with Gasteiger partial charge in [-0.25, -0.2) is 0 Å². The molecule has 0 aliphatic carbocycles. The smallest absolute Gasteiger partial charge is 0.237 e. The number of halogens is 1. The van der Waals surface area contributed by atoms with Crippen molar-refractivity contribution in [2.24, 2.45) is 5.92 Å². The number of hydrogen-bond donors (Lipinski definition) is 2. The number of benzene rings is 2. The zero-order chi connectivity index (χ0) is 19.2. The van der Waals surface area contributed by atoms with Crippen LogP contribution in [0.1, 0.15) is 44.7 Å². The number of carbonyl (C=O) groups excluding carboxylic acids is 1. The molecule has 1 fully saturated rings. The summed E-state index contributed by atoms with van der Waals surface area (Å²) >= 11 is 0. The molecule has 0 saturated carbocycles. The molecule has 2 aromatic rings. The van der Waals surface area contributed by atoms with Crippen molar-refractivity contribution in [3.05, 3.63) is 48.0 Å². The third-order valence-corrected chi connectivity index (χ3v) is 6.03. The first-order valence-corrected chi connectivity index (χ1v) is 10.3. The van der Waals surface area contributed by atoms with Gasteiger partial charge in [0.2, 0.25) is 5.91 Å². The largest absolute Gasteiger partial charge is 0.348 e. The van der Waals surface area contributed by atoms with Crippen LogP contribution < -0.4 is 10.6 Å². The van der Waals surface area contributed by atoms with Gasteiger partial charge in [0.05, 0.1) is 12.1 Å². The van der Waals surface area contributed by atoms with Gasteiger partial charge in [-0.15, -0.1) is 12.4 Å². The van der Waals surface area contributed by atoms with Crippen LogP contribution in [0.5, 0.6) is 0 Å². The Balaban J connectivity index is 0.00000280. The highest BCUT2D eigenvalue weighted by molar-refractivity contribution is 5.87. The van der Waals surface area contributed by atoms with Crippen LogP contribution >= 0.6 is 12.4 Å². The van der Waals surface area contributed by atoms with E-state index in [1.165, 1.54) is 35.6 Å². The molecule has 1 saturated heterocycles. The maximum Gasteiger partial charge on any atom is 0.237 e. The second kappa shape index (κ2) is 10.8.